The van der Waals surface area contributed by atoms with E-state index in [0.717, 1.165) is 16.7 Å². The number of amides is 1. The lowest BCUT2D eigenvalue weighted by atomic mass is 9.99. The third-order valence-electron chi connectivity index (χ3n) is 4.39. The molecule has 0 radical (unpaired) electrons. The van der Waals surface area contributed by atoms with Crippen LogP contribution < -0.4 is 5.32 Å². The summed E-state index contributed by atoms with van der Waals surface area (Å²) in [6, 6.07) is 16.3. The van der Waals surface area contributed by atoms with E-state index in [-0.39, 0.29) is 11.9 Å². The Balaban J connectivity index is 1.83. The fourth-order valence-electron chi connectivity index (χ4n) is 2.78. The van der Waals surface area contributed by atoms with Crippen molar-refractivity contribution >= 4 is 5.91 Å². The first-order chi connectivity index (χ1) is 10.2. The maximum absolute atomic E-state index is 12.6. The van der Waals surface area contributed by atoms with Gasteiger partial charge in [0.2, 0.25) is 0 Å². The Morgan fingerprint density at radius 3 is 2.43 bits per heavy atom. The van der Waals surface area contributed by atoms with E-state index in [2.05, 4.69) is 17.4 Å². The average molecular weight is 279 g/mol. The molecule has 1 N–H and O–H groups in total. The van der Waals surface area contributed by atoms with Crippen LogP contribution in [0, 0.1) is 19.8 Å². The predicted octanol–water partition coefficient (Wildman–Crippen LogP) is 4.18. The molecular formula is C19H21NO. The molecule has 3 rings (SSSR count). The molecule has 2 aromatic rings. The molecule has 1 amide bonds. The van der Waals surface area contributed by atoms with E-state index in [1.165, 1.54) is 18.4 Å². The molecule has 2 aromatic carbocycles. The van der Waals surface area contributed by atoms with Crippen LogP contribution in [0.1, 0.15) is 45.9 Å². The summed E-state index contributed by atoms with van der Waals surface area (Å²) in [5.74, 6) is 0.624. The van der Waals surface area contributed by atoms with Crippen molar-refractivity contribution in [3.8, 4) is 0 Å². The zero-order chi connectivity index (χ0) is 14.8. The van der Waals surface area contributed by atoms with Gasteiger partial charge in [0, 0.05) is 5.56 Å². The third kappa shape index (κ3) is 2.99. The Bertz CT molecular complexity index is 644. The Labute approximate surface area is 126 Å². The molecule has 0 spiro atoms. The van der Waals surface area contributed by atoms with E-state index in [1.807, 2.05) is 50.2 Å². The van der Waals surface area contributed by atoms with E-state index < -0.39 is 0 Å². The van der Waals surface area contributed by atoms with Gasteiger partial charge < -0.3 is 5.32 Å². The molecule has 108 valence electrons. The van der Waals surface area contributed by atoms with Gasteiger partial charge in [-0.15, -0.1) is 0 Å². The van der Waals surface area contributed by atoms with Crippen LogP contribution in [0.15, 0.2) is 48.5 Å². The minimum atomic E-state index is 0.0388. The minimum absolute atomic E-state index is 0.0388. The van der Waals surface area contributed by atoms with E-state index in [4.69, 9.17) is 0 Å². The van der Waals surface area contributed by atoms with E-state index in [9.17, 15) is 4.79 Å². The average Bonchev–Trinajstić information content (AvgIpc) is 3.33. The van der Waals surface area contributed by atoms with Crippen LogP contribution in [0.4, 0.5) is 0 Å². The van der Waals surface area contributed by atoms with Crippen molar-refractivity contribution in [3.63, 3.8) is 0 Å². The highest BCUT2D eigenvalue weighted by Crippen LogP contribution is 2.41. The topological polar surface area (TPSA) is 29.1 Å². The number of carbonyl (C=O) groups is 1. The molecular weight excluding hydrogens is 258 g/mol. The van der Waals surface area contributed by atoms with Crippen molar-refractivity contribution in [1.82, 2.24) is 5.32 Å². The molecule has 21 heavy (non-hydrogen) atoms. The minimum Gasteiger partial charge on any atom is -0.345 e. The predicted molar refractivity (Wildman–Crippen MR) is 85.3 cm³/mol. The Hall–Kier alpha value is -2.09. The number of carbonyl (C=O) groups excluding carboxylic acids is 1. The van der Waals surface area contributed by atoms with Crippen LogP contribution in [0.2, 0.25) is 0 Å². The molecule has 1 aliphatic rings. The van der Waals surface area contributed by atoms with Crippen LogP contribution in [0.25, 0.3) is 0 Å². The van der Waals surface area contributed by atoms with Gasteiger partial charge in [0.05, 0.1) is 6.04 Å². The number of hydrogen-bond donors (Lipinski definition) is 1. The van der Waals surface area contributed by atoms with Gasteiger partial charge in [0.25, 0.3) is 5.91 Å². The second kappa shape index (κ2) is 5.72. The fraction of sp³-hybridized carbons (Fsp3) is 0.316. The summed E-state index contributed by atoms with van der Waals surface area (Å²) in [6.45, 7) is 4.06. The number of hydrogen-bond acceptors (Lipinski definition) is 1. The molecule has 2 heteroatoms. The number of rotatable bonds is 4. The first-order valence-corrected chi connectivity index (χ1v) is 7.59. The second-order valence-electron chi connectivity index (χ2n) is 5.95. The lowest BCUT2D eigenvalue weighted by Crippen LogP contribution is -2.30. The second-order valence-corrected chi connectivity index (χ2v) is 5.95. The van der Waals surface area contributed by atoms with Gasteiger partial charge in [-0.1, -0.05) is 42.5 Å². The van der Waals surface area contributed by atoms with Gasteiger partial charge in [-0.25, -0.2) is 0 Å². The summed E-state index contributed by atoms with van der Waals surface area (Å²) in [5, 5.41) is 3.24. The van der Waals surface area contributed by atoms with Crippen LogP contribution >= 0.6 is 0 Å². The summed E-state index contributed by atoms with van der Waals surface area (Å²) >= 11 is 0. The largest absolute Gasteiger partial charge is 0.345 e. The van der Waals surface area contributed by atoms with Crippen LogP contribution in [0.5, 0.6) is 0 Å². The summed E-state index contributed by atoms with van der Waals surface area (Å²) in [5.41, 5.74) is 4.22. The molecule has 0 heterocycles. The normalized spacial score (nSPS) is 15.5. The Morgan fingerprint density at radius 1 is 1.05 bits per heavy atom. The van der Waals surface area contributed by atoms with Crippen molar-refractivity contribution in [1.29, 1.82) is 0 Å². The fourth-order valence-corrected chi connectivity index (χ4v) is 2.78. The molecule has 2 nitrogen and oxygen atoms in total. The zero-order valence-electron chi connectivity index (χ0n) is 12.6. The van der Waals surface area contributed by atoms with Gasteiger partial charge in [-0.2, -0.15) is 0 Å². The lowest BCUT2D eigenvalue weighted by molar-refractivity contribution is 0.0931. The number of nitrogens with one attached hydrogen (secondary N) is 1. The first-order valence-electron chi connectivity index (χ1n) is 7.59. The molecule has 0 aliphatic heterocycles. The van der Waals surface area contributed by atoms with Crippen LogP contribution in [-0.4, -0.2) is 5.91 Å². The summed E-state index contributed by atoms with van der Waals surface area (Å²) in [7, 11) is 0. The lowest BCUT2D eigenvalue weighted by Gasteiger charge is -2.20. The first kappa shape index (κ1) is 13.9. The van der Waals surface area contributed by atoms with Crippen LogP contribution in [-0.2, 0) is 0 Å². The van der Waals surface area contributed by atoms with E-state index in [1.54, 1.807) is 0 Å². The van der Waals surface area contributed by atoms with E-state index in [0.29, 0.717) is 5.92 Å². The quantitative estimate of drug-likeness (QED) is 0.893. The van der Waals surface area contributed by atoms with Crippen molar-refractivity contribution in [2.24, 2.45) is 5.92 Å². The number of benzene rings is 2. The highest BCUT2D eigenvalue weighted by atomic mass is 16.1. The van der Waals surface area contributed by atoms with Crippen molar-refractivity contribution < 1.29 is 4.79 Å². The van der Waals surface area contributed by atoms with Gasteiger partial charge in [-0.05, 0) is 55.4 Å². The van der Waals surface area contributed by atoms with Crippen LogP contribution in [0.3, 0.4) is 0 Å². The van der Waals surface area contributed by atoms with Gasteiger partial charge >= 0.3 is 0 Å². The molecule has 1 unspecified atom stereocenters. The SMILES string of the molecule is Cc1cccc(C(=O)NC(c2ccccc2)C2CC2)c1C. The molecule has 1 saturated carbocycles. The highest BCUT2D eigenvalue weighted by Gasteiger charge is 2.33. The van der Waals surface area contributed by atoms with Gasteiger partial charge in [0.15, 0.2) is 0 Å². The van der Waals surface area contributed by atoms with Crippen molar-refractivity contribution in [2.45, 2.75) is 32.7 Å². The summed E-state index contributed by atoms with van der Waals surface area (Å²) in [6.07, 6.45) is 2.40. The van der Waals surface area contributed by atoms with Crippen molar-refractivity contribution in [2.75, 3.05) is 0 Å². The van der Waals surface area contributed by atoms with Gasteiger partial charge in [-0.3, -0.25) is 4.79 Å². The number of aryl methyl sites for hydroxylation is 1. The van der Waals surface area contributed by atoms with Crippen molar-refractivity contribution in [3.05, 3.63) is 70.8 Å². The standard InChI is InChI=1S/C19H21NO/c1-13-7-6-10-17(14(13)2)19(21)20-18(16-11-12-16)15-8-4-3-5-9-15/h3-10,16,18H,11-12H2,1-2H3,(H,20,21). The van der Waals surface area contributed by atoms with Gasteiger partial charge in [0.1, 0.15) is 0 Å². The Kier molecular flexibility index (Phi) is 3.78. The molecule has 1 fully saturated rings. The molecule has 1 atom stereocenters. The summed E-state index contributed by atoms with van der Waals surface area (Å²) in [4.78, 5) is 12.6. The maximum atomic E-state index is 12.6. The molecule has 0 bridgehead atoms. The third-order valence-corrected chi connectivity index (χ3v) is 4.39. The zero-order valence-corrected chi connectivity index (χ0v) is 12.6. The Morgan fingerprint density at radius 2 is 1.76 bits per heavy atom. The highest BCUT2D eigenvalue weighted by molar-refractivity contribution is 5.96. The molecule has 0 aromatic heterocycles. The molecule has 0 saturated heterocycles. The monoisotopic (exact) mass is 279 g/mol. The van der Waals surface area contributed by atoms with E-state index >= 15 is 0 Å². The molecule has 1 aliphatic carbocycles. The summed E-state index contributed by atoms with van der Waals surface area (Å²) < 4.78 is 0. The maximum Gasteiger partial charge on any atom is 0.252 e. The smallest absolute Gasteiger partial charge is 0.252 e.